The lowest BCUT2D eigenvalue weighted by Gasteiger charge is -2.56. The van der Waals surface area contributed by atoms with Crippen LogP contribution in [0.15, 0.2) is 35.4 Å². The van der Waals surface area contributed by atoms with E-state index >= 15 is 0 Å². The van der Waals surface area contributed by atoms with Gasteiger partial charge in [0.2, 0.25) is 5.78 Å². The zero-order valence-corrected chi connectivity index (χ0v) is 16.5. The molecule has 0 unspecified atom stereocenters. The molecule has 4 heterocycles. The van der Waals surface area contributed by atoms with Crippen molar-refractivity contribution in [2.45, 2.75) is 37.5 Å². The van der Waals surface area contributed by atoms with Crippen LogP contribution in [0.25, 0.3) is 0 Å². The van der Waals surface area contributed by atoms with Crippen molar-refractivity contribution in [2.75, 3.05) is 13.1 Å². The molecule has 2 bridgehead atoms. The molecular weight excluding hydrogens is 406 g/mol. The second kappa shape index (κ2) is 6.03. The fourth-order valence-corrected chi connectivity index (χ4v) is 7.35. The molecule has 3 saturated heterocycles. The Bertz CT molecular complexity index is 1050. The molecule has 0 amide bonds. The van der Waals surface area contributed by atoms with Gasteiger partial charge in [-0.3, -0.25) is 29.4 Å². The van der Waals surface area contributed by atoms with Crippen LogP contribution in [-0.4, -0.2) is 63.7 Å². The summed E-state index contributed by atoms with van der Waals surface area (Å²) in [5.41, 5.74) is -0.594. The first-order valence-corrected chi connectivity index (χ1v) is 10.6. The molecule has 0 aromatic rings. The number of aliphatic carboxylic acids is 1. The summed E-state index contributed by atoms with van der Waals surface area (Å²) in [5, 5.41) is 24.5. The lowest BCUT2D eigenvalue weighted by Crippen LogP contribution is -2.64. The minimum atomic E-state index is -1.11. The number of hydrogen-bond donors (Lipinski definition) is 2. The second-order valence-corrected chi connectivity index (χ2v) is 9.40. The molecule has 4 aliphatic heterocycles. The summed E-state index contributed by atoms with van der Waals surface area (Å²) in [6.07, 6.45) is 5.62. The number of carbonyl (C=O) groups excluding carboxylic acids is 2. The summed E-state index contributed by atoms with van der Waals surface area (Å²) in [6, 6.07) is -0.263. The first kappa shape index (κ1) is 18.7. The van der Waals surface area contributed by atoms with Crippen molar-refractivity contribution in [1.29, 1.82) is 0 Å². The van der Waals surface area contributed by atoms with Crippen LogP contribution in [0, 0.1) is 33.3 Å². The molecule has 0 aromatic heterocycles. The molecule has 4 fully saturated rings. The van der Waals surface area contributed by atoms with Crippen LogP contribution in [0.3, 0.4) is 0 Å². The van der Waals surface area contributed by atoms with Gasteiger partial charge in [-0.15, -0.1) is 0 Å². The van der Waals surface area contributed by atoms with Crippen molar-refractivity contribution in [1.82, 2.24) is 10.2 Å². The van der Waals surface area contributed by atoms with E-state index in [4.69, 9.17) is 4.74 Å². The van der Waals surface area contributed by atoms with E-state index in [1.54, 1.807) is 6.26 Å². The van der Waals surface area contributed by atoms with E-state index in [1.165, 1.54) is 6.08 Å². The Morgan fingerprint density at radius 2 is 2.23 bits per heavy atom. The number of allylic oxidation sites excluding steroid dienone is 3. The van der Waals surface area contributed by atoms with Crippen LogP contribution in [0.4, 0.5) is 0 Å². The van der Waals surface area contributed by atoms with E-state index in [2.05, 4.69) is 10.2 Å². The van der Waals surface area contributed by atoms with Gasteiger partial charge in [-0.1, -0.05) is 0 Å². The predicted octanol–water partition coefficient (Wildman–Crippen LogP) is 0.239. The van der Waals surface area contributed by atoms with Gasteiger partial charge < -0.3 is 15.2 Å². The van der Waals surface area contributed by atoms with Crippen molar-refractivity contribution in [2.24, 2.45) is 23.2 Å². The number of nitrogens with one attached hydrogen (secondary N) is 1. The van der Waals surface area contributed by atoms with Crippen LogP contribution in [-0.2, 0) is 19.1 Å². The lowest BCUT2D eigenvalue weighted by molar-refractivity contribution is -0.419. The summed E-state index contributed by atoms with van der Waals surface area (Å²) in [5.74, 6) is -2.81. The maximum absolute atomic E-state index is 12.4. The van der Waals surface area contributed by atoms with E-state index in [0.29, 0.717) is 12.0 Å². The molecule has 2 aliphatic carbocycles. The van der Waals surface area contributed by atoms with Crippen molar-refractivity contribution < 1.29 is 29.2 Å². The maximum Gasteiger partial charge on any atom is 0.343 e. The number of ether oxygens (including phenoxy) is 1. The maximum atomic E-state index is 12.4. The highest BCUT2D eigenvalue weighted by Gasteiger charge is 2.70. The molecule has 6 rings (SSSR count). The molecule has 162 valence electrons. The Morgan fingerprint density at radius 1 is 1.42 bits per heavy atom. The molecule has 6 aliphatic rings. The smallest absolute Gasteiger partial charge is 0.343 e. The normalized spacial score (nSPS) is 42.3. The summed E-state index contributed by atoms with van der Waals surface area (Å²) in [4.78, 5) is 49.8. The van der Waals surface area contributed by atoms with E-state index in [9.17, 15) is 29.6 Å². The SMILES string of the molecule is O=C(O)C[C@@H]1OC=C[C@@H]2CN3CC[C@]45C6=CC(=O)C(=O)C([N+](=O)[O-])=C6N[C@@H]4[C@H]1[C@H]2C[C@@H]35. The topological polar surface area (TPSA) is 139 Å². The van der Waals surface area contributed by atoms with Gasteiger partial charge in [0.05, 0.1) is 17.6 Å². The fraction of sp³-hybridized carbons (Fsp3) is 0.571. The second-order valence-electron chi connectivity index (χ2n) is 9.40. The third-order valence-corrected chi connectivity index (χ3v) is 8.36. The van der Waals surface area contributed by atoms with Crippen LogP contribution in [0.2, 0.25) is 0 Å². The van der Waals surface area contributed by atoms with Crippen LogP contribution < -0.4 is 5.32 Å². The van der Waals surface area contributed by atoms with E-state index in [-0.39, 0.29) is 42.0 Å². The average Bonchev–Trinajstić information content (AvgIpc) is 3.18. The Balaban J connectivity index is 1.56. The van der Waals surface area contributed by atoms with Crippen LogP contribution >= 0.6 is 0 Å². The Kier molecular flexibility index (Phi) is 3.64. The van der Waals surface area contributed by atoms with Gasteiger partial charge in [-0.05, 0) is 48.9 Å². The van der Waals surface area contributed by atoms with Crippen LogP contribution in [0.1, 0.15) is 19.3 Å². The Hall–Kier alpha value is -3.01. The molecular formula is C21H21N3O7. The number of nitro groups is 1. The molecule has 2 N–H and O–H groups in total. The highest BCUT2D eigenvalue weighted by molar-refractivity contribution is 6.48. The number of piperidine rings is 1. The van der Waals surface area contributed by atoms with Crippen molar-refractivity contribution in [3.05, 3.63) is 45.5 Å². The number of carbonyl (C=O) groups is 3. The average molecular weight is 427 g/mol. The zero-order chi connectivity index (χ0) is 21.7. The third-order valence-electron chi connectivity index (χ3n) is 8.36. The molecule has 10 nitrogen and oxygen atoms in total. The highest BCUT2D eigenvalue weighted by atomic mass is 16.6. The monoisotopic (exact) mass is 427 g/mol. The van der Waals surface area contributed by atoms with Crippen molar-refractivity contribution >= 4 is 17.5 Å². The van der Waals surface area contributed by atoms with E-state index < -0.39 is 39.7 Å². The standard InChI is InChI=1S/C21H21N3O7/c25-12-6-11-17(18(19(12)28)24(29)30)22-20-16-10-5-14-21(11,20)2-3-23(14)8-9(10)1-4-31-13(16)7-15(26)27/h1,4,6,9-10,13-14,16,20,22H,2-3,5,7-8H2,(H,26,27)/t9-,10+,13+,14-,16+,20-,21-/m1/s1. The number of Topliss-reactive ketones (excluding diaryl/α,β-unsaturated/α-hetero) is 1. The minimum absolute atomic E-state index is 0.0808. The highest BCUT2D eigenvalue weighted by Crippen LogP contribution is 2.64. The van der Waals surface area contributed by atoms with Crippen LogP contribution in [0.5, 0.6) is 0 Å². The summed E-state index contributed by atoms with van der Waals surface area (Å²) < 4.78 is 5.89. The fourth-order valence-electron chi connectivity index (χ4n) is 7.35. The number of rotatable bonds is 3. The van der Waals surface area contributed by atoms with Gasteiger partial charge in [0.25, 0.3) is 0 Å². The summed E-state index contributed by atoms with van der Waals surface area (Å²) in [7, 11) is 0. The molecule has 1 spiro atoms. The molecule has 0 aromatic carbocycles. The quantitative estimate of drug-likeness (QED) is 0.281. The first-order chi connectivity index (χ1) is 14.8. The number of carboxylic acids is 1. The summed E-state index contributed by atoms with van der Waals surface area (Å²) >= 11 is 0. The molecule has 10 heteroatoms. The van der Waals surface area contributed by atoms with E-state index in [0.717, 1.165) is 19.5 Å². The predicted molar refractivity (Wildman–Crippen MR) is 103 cm³/mol. The van der Waals surface area contributed by atoms with Crippen molar-refractivity contribution in [3.63, 3.8) is 0 Å². The largest absolute Gasteiger partial charge is 0.497 e. The number of carboxylic acid groups (broad SMARTS) is 1. The zero-order valence-electron chi connectivity index (χ0n) is 16.5. The van der Waals surface area contributed by atoms with Gasteiger partial charge in [-0.2, -0.15) is 0 Å². The number of nitrogens with zero attached hydrogens (tertiary/aromatic N) is 2. The van der Waals surface area contributed by atoms with Gasteiger partial charge in [0.15, 0.2) is 0 Å². The molecule has 31 heavy (non-hydrogen) atoms. The lowest BCUT2D eigenvalue weighted by atomic mass is 9.53. The van der Waals surface area contributed by atoms with Gasteiger partial charge in [-0.25, -0.2) is 0 Å². The molecule has 7 atom stereocenters. The number of fused-ring (bicyclic) bond motifs is 2. The molecule has 0 radical (unpaired) electrons. The number of ketones is 2. The molecule has 1 saturated carbocycles. The van der Waals surface area contributed by atoms with Gasteiger partial charge >= 0.3 is 17.4 Å². The van der Waals surface area contributed by atoms with Gasteiger partial charge in [0, 0.05) is 30.0 Å². The third kappa shape index (κ3) is 2.23. The first-order valence-electron chi connectivity index (χ1n) is 10.6. The summed E-state index contributed by atoms with van der Waals surface area (Å²) in [6.45, 7) is 1.60. The van der Waals surface area contributed by atoms with Gasteiger partial charge in [0.1, 0.15) is 11.8 Å². The van der Waals surface area contributed by atoms with Crippen molar-refractivity contribution in [3.8, 4) is 0 Å². The van der Waals surface area contributed by atoms with E-state index in [1.807, 2.05) is 6.08 Å². The minimum Gasteiger partial charge on any atom is -0.497 e. The number of hydrogen-bond acceptors (Lipinski definition) is 8. The Morgan fingerprint density at radius 3 is 2.97 bits per heavy atom. The Labute approximate surface area is 176 Å².